The van der Waals surface area contributed by atoms with Gasteiger partial charge in [-0.1, -0.05) is 6.07 Å². The van der Waals surface area contributed by atoms with E-state index >= 15 is 0 Å². The molecule has 140 valence electrons. The maximum Gasteiger partial charge on any atom is 0.337 e. The van der Waals surface area contributed by atoms with Crippen LogP contribution in [0.15, 0.2) is 18.2 Å². The molecule has 7 nitrogen and oxygen atoms in total. The van der Waals surface area contributed by atoms with Gasteiger partial charge in [-0.25, -0.2) is 4.79 Å². The molecule has 0 saturated heterocycles. The highest BCUT2D eigenvalue weighted by Crippen LogP contribution is 2.32. The van der Waals surface area contributed by atoms with Crippen molar-refractivity contribution in [3.63, 3.8) is 0 Å². The van der Waals surface area contributed by atoms with Crippen molar-refractivity contribution in [2.24, 2.45) is 11.8 Å². The standard InChI is InChI=1S/C19H22O7/c1-4-25-18(22)15(19(23)26-5-2)10-13-9-12-8-11(17(21)24-3)6-7-14(12)16(13)20/h6-8,13,15H,4-5,9-10H2,1-3H3. The highest BCUT2D eigenvalue weighted by Gasteiger charge is 2.38. The van der Waals surface area contributed by atoms with E-state index in [0.29, 0.717) is 23.1 Å². The minimum Gasteiger partial charge on any atom is -0.465 e. The van der Waals surface area contributed by atoms with Crippen molar-refractivity contribution in [2.45, 2.75) is 26.7 Å². The van der Waals surface area contributed by atoms with Crippen LogP contribution >= 0.6 is 0 Å². The summed E-state index contributed by atoms with van der Waals surface area (Å²) >= 11 is 0. The Morgan fingerprint density at radius 3 is 2.27 bits per heavy atom. The minimum absolute atomic E-state index is 0.0126. The van der Waals surface area contributed by atoms with Gasteiger partial charge in [0.15, 0.2) is 11.7 Å². The third kappa shape index (κ3) is 4.09. The number of hydrogen-bond acceptors (Lipinski definition) is 7. The smallest absolute Gasteiger partial charge is 0.337 e. The lowest BCUT2D eigenvalue weighted by Gasteiger charge is -2.17. The summed E-state index contributed by atoms with van der Waals surface area (Å²) in [7, 11) is 1.28. The van der Waals surface area contributed by atoms with E-state index in [1.807, 2.05) is 0 Å². The Morgan fingerprint density at radius 1 is 1.12 bits per heavy atom. The Bertz CT molecular complexity index is 705. The third-order valence-corrected chi connectivity index (χ3v) is 4.29. The van der Waals surface area contributed by atoms with E-state index in [2.05, 4.69) is 4.74 Å². The summed E-state index contributed by atoms with van der Waals surface area (Å²) in [6, 6.07) is 4.72. The lowest BCUT2D eigenvalue weighted by Crippen LogP contribution is -2.31. The Balaban J connectivity index is 2.19. The molecule has 7 heteroatoms. The molecule has 1 aliphatic carbocycles. The van der Waals surface area contributed by atoms with Crippen LogP contribution in [0.1, 0.15) is 46.5 Å². The van der Waals surface area contributed by atoms with Crippen molar-refractivity contribution in [3.05, 3.63) is 34.9 Å². The summed E-state index contributed by atoms with van der Waals surface area (Å²) in [4.78, 5) is 48.5. The first kappa shape index (κ1) is 19.6. The van der Waals surface area contributed by atoms with Crippen molar-refractivity contribution in [3.8, 4) is 0 Å². The van der Waals surface area contributed by atoms with Gasteiger partial charge < -0.3 is 14.2 Å². The van der Waals surface area contributed by atoms with Crippen molar-refractivity contribution >= 4 is 23.7 Å². The molecule has 0 N–H and O–H groups in total. The van der Waals surface area contributed by atoms with Gasteiger partial charge in [0.25, 0.3) is 0 Å². The van der Waals surface area contributed by atoms with Gasteiger partial charge in [0.05, 0.1) is 25.9 Å². The predicted octanol–water partition coefficient (Wildman–Crippen LogP) is 1.96. The summed E-state index contributed by atoms with van der Waals surface area (Å²) < 4.78 is 14.6. The van der Waals surface area contributed by atoms with Crippen LogP contribution in [0.4, 0.5) is 0 Å². The Labute approximate surface area is 151 Å². The number of ether oxygens (including phenoxy) is 3. The number of esters is 3. The number of methoxy groups -OCH3 is 1. The lowest BCUT2D eigenvalue weighted by molar-refractivity contribution is -0.162. The molecule has 0 radical (unpaired) electrons. The first-order valence-corrected chi connectivity index (χ1v) is 8.51. The Hall–Kier alpha value is -2.70. The van der Waals surface area contributed by atoms with Crippen LogP contribution < -0.4 is 0 Å². The van der Waals surface area contributed by atoms with Crippen molar-refractivity contribution in [1.29, 1.82) is 0 Å². The zero-order chi connectivity index (χ0) is 19.3. The van der Waals surface area contributed by atoms with Crippen molar-refractivity contribution in [1.82, 2.24) is 0 Å². The van der Waals surface area contributed by atoms with Gasteiger partial charge >= 0.3 is 17.9 Å². The number of benzene rings is 1. The summed E-state index contributed by atoms with van der Waals surface area (Å²) in [5.41, 5.74) is 1.55. The van der Waals surface area contributed by atoms with Gasteiger partial charge in [0.1, 0.15) is 0 Å². The molecular weight excluding hydrogens is 340 g/mol. The third-order valence-electron chi connectivity index (χ3n) is 4.29. The zero-order valence-corrected chi connectivity index (χ0v) is 15.1. The fraction of sp³-hybridized carbons (Fsp3) is 0.474. The first-order valence-electron chi connectivity index (χ1n) is 8.51. The molecule has 0 aromatic heterocycles. The number of hydrogen-bond donors (Lipinski definition) is 0. The number of carbonyl (C=O) groups is 4. The average molecular weight is 362 g/mol. The number of carbonyl (C=O) groups excluding carboxylic acids is 4. The van der Waals surface area contributed by atoms with Crippen LogP contribution in [-0.2, 0) is 30.2 Å². The molecule has 2 rings (SSSR count). The normalized spacial score (nSPS) is 15.5. The second kappa shape index (κ2) is 8.60. The molecule has 1 aromatic rings. The fourth-order valence-electron chi connectivity index (χ4n) is 3.08. The topological polar surface area (TPSA) is 96.0 Å². The Morgan fingerprint density at radius 2 is 1.73 bits per heavy atom. The van der Waals surface area contributed by atoms with E-state index < -0.39 is 29.7 Å². The molecule has 0 saturated carbocycles. The molecule has 1 aromatic carbocycles. The molecule has 0 heterocycles. The largest absolute Gasteiger partial charge is 0.465 e. The molecular formula is C19H22O7. The average Bonchev–Trinajstić information content (AvgIpc) is 2.94. The second-order valence-corrected chi connectivity index (χ2v) is 5.92. The SMILES string of the molecule is CCOC(=O)C(CC1Cc2cc(C(=O)OC)ccc2C1=O)C(=O)OCC. The fourth-order valence-corrected chi connectivity index (χ4v) is 3.08. The number of Topliss-reactive ketones (excluding diaryl/α,β-unsaturated/α-hetero) is 1. The summed E-state index contributed by atoms with van der Waals surface area (Å²) in [6.07, 6.45) is 0.354. The zero-order valence-electron chi connectivity index (χ0n) is 15.1. The van der Waals surface area contributed by atoms with Gasteiger partial charge in [-0.2, -0.15) is 0 Å². The molecule has 1 atom stereocenters. The van der Waals surface area contributed by atoms with Gasteiger partial charge in [-0.15, -0.1) is 0 Å². The van der Waals surface area contributed by atoms with E-state index in [1.54, 1.807) is 26.0 Å². The van der Waals surface area contributed by atoms with Gasteiger partial charge in [-0.3, -0.25) is 14.4 Å². The minimum atomic E-state index is -1.14. The van der Waals surface area contributed by atoms with Crippen molar-refractivity contribution < 1.29 is 33.4 Å². The maximum atomic E-state index is 12.6. The highest BCUT2D eigenvalue weighted by atomic mass is 16.6. The van der Waals surface area contributed by atoms with Crippen LogP contribution in [0.3, 0.4) is 0 Å². The molecule has 0 spiro atoms. The Kier molecular flexibility index (Phi) is 6.49. The van der Waals surface area contributed by atoms with Crippen LogP contribution in [-0.4, -0.2) is 44.0 Å². The molecule has 1 aliphatic rings. The van der Waals surface area contributed by atoms with E-state index in [1.165, 1.54) is 13.2 Å². The molecule has 1 unspecified atom stereocenters. The monoisotopic (exact) mass is 362 g/mol. The molecule has 0 fully saturated rings. The number of ketones is 1. The molecule has 26 heavy (non-hydrogen) atoms. The summed E-state index contributed by atoms with van der Waals surface area (Å²) in [6.45, 7) is 3.56. The maximum absolute atomic E-state index is 12.6. The van der Waals surface area contributed by atoms with E-state index in [4.69, 9.17) is 9.47 Å². The lowest BCUT2D eigenvalue weighted by atomic mass is 9.91. The number of fused-ring (bicyclic) bond motifs is 1. The van der Waals surface area contributed by atoms with Crippen molar-refractivity contribution in [2.75, 3.05) is 20.3 Å². The second-order valence-electron chi connectivity index (χ2n) is 5.92. The van der Waals surface area contributed by atoms with Crippen LogP contribution in [0, 0.1) is 11.8 Å². The van der Waals surface area contributed by atoms with Gasteiger partial charge in [-0.05, 0) is 44.4 Å². The first-order chi connectivity index (χ1) is 12.4. The van der Waals surface area contributed by atoms with Crippen LogP contribution in [0.2, 0.25) is 0 Å². The van der Waals surface area contributed by atoms with Gasteiger partial charge in [0.2, 0.25) is 0 Å². The number of rotatable bonds is 7. The van der Waals surface area contributed by atoms with E-state index in [0.717, 1.165) is 0 Å². The molecule has 0 bridgehead atoms. The summed E-state index contributed by atoms with van der Waals surface area (Å²) in [5.74, 6) is -3.71. The molecule has 0 amide bonds. The van der Waals surface area contributed by atoms with Crippen LogP contribution in [0.25, 0.3) is 0 Å². The van der Waals surface area contributed by atoms with E-state index in [9.17, 15) is 19.2 Å². The van der Waals surface area contributed by atoms with Gasteiger partial charge in [0, 0.05) is 11.5 Å². The molecule has 0 aliphatic heterocycles. The summed E-state index contributed by atoms with van der Waals surface area (Å²) in [5, 5.41) is 0. The van der Waals surface area contributed by atoms with Crippen LogP contribution in [0.5, 0.6) is 0 Å². The quantitative estimate of drug-likeness (QED) is 0.415. The predicted molar refractivity (Wildman–Crippen MR) is 90.7 cm³/mol. The van der Waals surface area contributed by atoms with E-state index in [-0.39, 0.29) is 25.4 Å². The highest BCUT2D eigenvalue weighted by molar-refractivity contribution is 6.04.